The quantitative estimate of drug-likeness (QED) is 0.541. The molecule has 0 radical (unpaired) electrons. The van der Waals surface area contributed by atoms with Gasteiger partial charge in [0.05, 0.1) is 5.69 Å². The first-order chi connectivity index (χ1) is 12.6. The fourth-order valence-electron chi connectivity index (χ4n) is 3.12. The molecular formula is C23H27N3. The van der Waals surface area contributed by atoms with Crippen molar-refractivity contribution >= 4 is 11.0 Å². The van der Waals surface area contributed by atoms with E-state index in [9.17, 15) is 0 Å². The lowest BCUT2D eigenvalue weighted by Crippen LogP contribution is -1.94. The van der Waals surface area contributed by atoms with Gasteiger partial charge in [-0.25, -0.2) is 9.97 Å². The molecule has 1 N–H and O–H groups in total. The molecule has 2 heterocycles. The van der Waals surface area contributed by atoms with Crippen molar-refractivity contribution in [2.24, 2.45) is 5.92 Å². The van der Waals surface area contributed by atoms with E-state index in [1.165, 1.54) is 5.56 Å². The van der Waals surface area contributed by atoms with E-state index in [-0.39, 0.29) is 1.43 Å². The monoisotopic (exact) mass is 345 g/mol. The van der Waals surface area contributed by atoms with Crippen molar-refractivity contribution in [3.63, 3.8) is 0 Å². The SMILES string of the molecule is C=C/C=C(\C=C)Cc1ncnc2[nH]c(-c3ccc(CC(C)C)cc3)cc12.[HH]. The molecule has 0 amide bonds. The fraction of sp³-hybridized carbons (Fsp3) is 0.217. The van der Waals surface area contributed by atoms with E-state index in [0.717, 1.165) is 40.0 Å². The summed E-state index contributed by atoms with van der Waals surface area (Å²) in [5.41, 5.74) is 6.52. The lowest BCUT2D eigenvalue weighted by atomic mass is 10.0. The van der Waals surface area contributed by atoms with E-state index in [2.05, 4.69) is 72.3 Å². The molecule has 3 nitrogen and oxygen atoms in total. The first kappa shape index (κ1) is 17.9. The summed E-state index contributed by atoms with van der Waals surface area (Å²) in [6.07, 6.45) is 9.00. The van der Waals surface area contributed by atoms with E-state index < -0.39 is 0 Å². The van der Waals surface area contributed by atoms with Crippen molar-refractivity contribution in [2.45, 2.75) is 26.7 Å². The van der Waals surface area contributed by atoms with Crippen LogP contribution >= 0.6 is 0 Å². The summed E-state index contributed by atoms with van der Waals surface area (Å²) in [6.45, 7) is 12.1. The van der Waals surface area contributed by atoms with Crippen LogP contribution in [0.1, 0.15) is 26.5 Å². The van der Waals surface area contributed by atoms with Gasteiger partial charge < -0.3 is 4.98 Å². The number of rotatable bonds is 7. The summed E-state index contributed by atoms with van der Waals surface area (Å²) in [5.74, 6) is 0.662. The first-order valence-electron chi connectivity index (χ1n) is 8.96. The zero-order valence-electron chi connectivity index (χ0n) is 15.5. The molecule has 0 aliphatic heterocycles. The van der Waals surface area contributed by atoms with Crippen molar-refractivity contribution in [1.82, 2.24) is 15.0 Å². The predicted molar refractivity (Wildman–Crippen MR) is 112 cm³/mol. The Labute approximate surface area is 156 Å². The van der Waals surface area contributed by atoms with Crippen molar-refractivity contribution < 1.29 is 1.43 Å². The normalized spacial score (nSPS) is 11.9. The molecule has 0 saturated carbocycles. The highest BCUT2D eigenvalue weighted by Gasteiger charge is 2.10. The molecule has 0 aliphatic carbocycles. The van der Waals surface area contributed by atoms with Crippen LogP contribution in [0.5, 0.6) is 0 Å². The van der Waals surface area contributed by atoms with Crippen LogP contribution in [0.3, 0.4) is 0 Å². The lowest BCUT2D eigenvalue weighted by Gasteiger charge is -2.05. The van der Waals surface area contributed by atoms with Gasteiger partial charge in [0.25, 0.3) is 0 Å². The number of nitrogens with zero attached hydrogens (tertiary/aromatic N) is 2. The van der Waals surface area contributed by atoms with Crippen molar-refractivity contribution in [1.29, 1.82) is 0 Å². The number of nitrogens with one attached hydrogen (secondary N) is 1. The lowest BCUT2D eigenvalue weighted by molar-refractivity contribution is 0.647. The van der Waals surface area contributed by atoms with E-state index >= 15 is 0 Å². The smallest absolute Gasteiger partial charge is 0.141 e. The van der Waals surface area contributed by atoms with Crippen molar-refractivity contribution in [3.8, 4) is 11.3 Å². The van der Waals surface area contributed by atoms with Gasteiger partial charge >= 0.3 is 0 Å². The Hall–Kier alpha value is -2.94. The zero-order valence-corrected chi connectivity index (χ0v) is 15.5. The molecule has 0 unspecified atom stereocenters. The predicted octanol–water partition coefficient (Wildman–Crippen LogP) is 5.91. The molecule has 26 heavy (non-hydrogen) atoms. The Kier molecular flexibility index (Phi) is 5.47. The highest BCUT2D eigenvalue weighted by atomic mass is 14.9. The summed E-state index contributed by atoms with van der Waals surface area (Å²) >= 11 is 0. The molecular weight excluding hydrogens is 318 g/mol. The Morgan fingerprint density at radius 3 is 2.62 bits per heavy atom. The van der Waals surface area contributed by atoms with Gasteiger partial charge in [0.1, 0.15) is 12.0 Å². The molecule has 0 spiro atoms. The van der Waals surface area contributed by atoms with Gasteiger partial charge in [-0.3, -0.25) is 0 Å². The Morgan fingerprint density at radius 1 is 1.19 bits per heavy atom. The van der Waals surface area contributed by atoms with E-state index in [1.807, 2.05) is 12.2 Å². The number of aromatic amines is 1. The number of hydrogen-bond acceptors (Lipinski definition) is 2. The molecule has 0 aliphatic rings. The summed E-state index contributed by atoms with van der Waals surface area (Å²) < 4.78 is 0. The van der Waals surface area contributed by atoms with Crippen LogP contribution in [0.15, 0.2) is 73.6 Å². The van der Waals surface area contributed by atoms with E-state index in [4.69, 9.17) is 0 Å². The third kappa shape index (κ3) is 3.99. The van der Waals surface area contributed by atoms with Crippen LogP contribution in [0, 0.1) is 5.92 Å². The summed E-state index contributed by atoms with van der Waals surface area (Å²) in [5, 5.41) is 1.05. The third-order valence-corrected chi connectivity index (χ3v) is 4.38. The molecule has 3 aromatic rings. The summed E-state index contributed by atoms with van der Waals surface area (Å²) in [6, 6.07) is 10.9. The van der Waals surface area contributed by atoms with Gasteiger partial charge in [-0.1, -0.05) is 69.5 Å². The van der Waals surface area contributed by atoms with Crippen molar-refractivity contribution in [3.05, 3.63) is 84.9 Å². The van der Waals surface area contributed by atoms with Gasteiger partial charge in [-0.2, -0.15) is 0 Å². The average Bonchev–Trinajstić information content (AvgIpc) is 3.06. The maximum atomic E-state index is 4.48. The number of benzene rings is 1. The molecule has 0 fully saturated rings. The highest BCUT2D eigenvalue weighted by molar-refractivity contribution is 5.85. The van der Waals surface area contributed by atoms with Crippen LogP contribution in [-0.4, -0.2) is 15.0 Å². The van der Waals surface area contributed by atoms with Gasteiger partial charge in [0.15, 0.2) is 0 Å². The van der Waals surface area contributed by atoms with Crippen LogP contribution < -0.4 is 0 Å². The Bertz CT molecular complexity index is 949. The second kappa shape index (κ2) is 7.96. The van der Waals surface area contributed by atoms with Crippen LogP contribution in [0.25, 0.3) is 22.3 Å². The number of H-pyrrole nitrogens is 1. The number of hydrogen-bond donors (Lipinski definition) is 1. The van der Waals surface area contributed by atoms with E-state index in [0.29, 0.717) is 12.3 Å². The van der Waals surface area contributed by atoms with Crippen LogP contribution in [0.2, 0.25) is 0 Å². The largest absolute Gasteiger partial charge is 0.339 e. The summed E-state index contributed by atoms with van der Waals surface area (Å²) in [7, 11) is 0. The molecule has 1 aromatic carbocycles. The molecule has 3 heteroatoms. The molecule has 2 aromatic heterocycles. The fourth-order valence-corrected chi connectivity index (χ4v) is 3.12. The topological polar surface area (TPSA) is 41.6 Å². The Morgan fingerprint density at radius 2 is 1.96 bits per heavy atom. The van der Waals surface area contributed by atoms with Crippen LogP contribution in [0.4, 0.5) is 0 Å². The van der Waals surface area contributed by atoms with E-state index in [1.54, 1.807) is 12.4 Å². The second-order valence-corrected chi connectivity index (χ2v) is 6.92. The Balaban J connectivity index is 0.00000261. The minimum absolute atomic E-state index is 0. The molecule has 0 bridgehead atoms. The molecule has 134 valence electrons. The van der Waals surface area contributed by atoms with Crippen LogP contribution in [-0.2, 0) is 12.8 Å². The van der Waals surface area contributed by atoms with Gasteiger partial charge in [0.2, 0.25) is 0 Å². The van der Waals surface area contributed by atoms with Gasteiger partial charge in [-0.15, -0.1) is 0 Å². The van der Waals surface area contributed by atoms with Crippen molar-refractivity contribution in [2.75, 3.05) is 0 Å². The van der Waals surface area contributed by atoms with Gasteiger partial charge in [-0.05, 0) is 35.1 Å². The molecule has 0 atom stereocenters. The maximum Gasteiger partial charge on any atom is 0.141 e. The first-order valence-corrected chi connectivity index (χ1v) is 8.96. The maximum absolute atomic E-state index is 4.48. The standard InChI is InChI=1S/C23H25N3.H2/c1-5-7-17(6-2)13-22-20-14-21(26-23(20)25-15-24-22)19-10-8-18(9-11-19)12-16(3)4;/h5-11,14-16H,1-2,12-13H2,3-4H3,(H,24,25,26);1H/b17-7+;. The minimum Gasteiger partial charge on any atom is -0.339 e. The minimum atomic E-state index is 0. The highest BCUT2D eigenvalue weighted by Crippen LogP contribution is 2.26. The second-order valence-electron chi connectivity index (χ2n) is 6.92. The molecule has 0 saturated heterocycles. The number of aromatic nitrogens is 3. The van der Waals surface area contributed by atoms with Gasteiger partial charge in [0, 0.05) is 18.9 Å². The number of fused-ring (bicyclic) bond motifs is 1. The zero-order chi connectivity index (χ0) is 18.5. The average molecular weight is 345 g/mol. The number of allylic oxidation sites excluding steroid dienone is 4. The summed E-state index contributed by atoms with van der Waals surface area (Å²) in [4.78, 5) is 12.3. The molecule has 3 rings (SSSR count). The third-order valence-electron chi connectivity index (χ3n) is 4.38.